The molecular formula is C21H23NO4. The highest BCUT2D eigenvalue weighted by Crippen LogP contribution is 2.21. The highest BCUT2D eigenvalue weighted by molar-refractivity contribution is 5.92. The Hall–Kier alpha value is -2.82. The molecule has 5 heteroatoms. The van der Waals surface area contributed by atoms with E-state index in [0.29, 0.717) is 24.4 Å². The molecule has 5 nitrogen and oxygen atoms in total. The summed E-state index contributed by atoms with van der Waals surface area (Å²) in [5, 5.41) is 0. The highest BCUT2D eigenvalue weighted by atomic mass is 16.5. The molecule has 0 radical (unpaired) electrons. The third-order valence-corrected chi connectivity index (χ3v) is 4.72. The van der Waals surface area contributed by atoms with E-state index >= 15 is 0 Å². The Morgan fingerprint density at radius 3 is 2.58 bits per heavy atom. The van der Waals surface area contributed by atoms with Gasteiger partial charge in [0, 0.05) is 13.1 Å². The maximum atomic E-state index is 12.7. The normalized spacial score (nSPS) is 14.3. The molecule has 0 fully saturated rings. The lowest BCUT2D eigenvalue weighted by molar-refractivity contribution is -0.140. The number of carbonyl (C=O) groups excluding carboxylic acids is 2. The lowest BCUT2D eigenvalue weighted by atomic mass is 9.99. The van der Waals surface area contributed by atoms with E-state index in [2.05, 4.69) is 6.07 Å². The zero-order chi connectivity index (χ0) is 18.7. The van der Waals surface area contributed by atoms with Crippen LogP contribution in [0.5, 0.6) is 5.75 Å². The number of ether oxygens (including phenoxy) is 2. The summed E-state index contributed by atoms with van der Waals surface area (Å²) in [6.45, 7) is 4.70. The largest absolute Gasteiger partial charge is 0.496 e. The fourth-order valence-corrected chi connectivity index (χ4v) is 3.17. The molecule has 3 rings (SSSR count). The third-order valence-electron chi connectivity index (χ3n) is 4.72. The Labute approximate surface area is 153 Å². The van der Waals surface area contributed by atoms with Crippen molar-refractivity contribution in [3.8, 4) is 5.75 Å². The zero-order valence-corrected chi connectivity index (χ0v) is 15.3. The van der Waals surface area contributed by atoms with Crippen LogP contribution in [0, 0.1) is 6.92 Å². The molecule has 0 saturated carbocycles. The van der Waals surface area contributed by atoms with Crippen molar-refractivity contribution >= 4 is 11.9 Å². The lowest BCUT2D eigenvalue weighted by Crippen LogP contribution is -2.42. The predicted molar refractivity (Wildman–Crippen MR) is 98.2 cm³/mol. The monoisotopic (exact) mass is 353 g/mol. The number of benzene rings is 2. The van der Waals surface area contributed by atoms with Crippen LogP contribution in [0.2, 0.25) is 0 Å². The van der Waals surface area contributed by atoms with Gasteiger partial charge in [-0.15, -0.1) is 0 Å². The van der Waals surface area contributed by atoms with Gasteiger partial charge in [-0.3, -0.25) is 4.79 Å². The molecule has 1 heterocycles. The van der Waals surface area contributed by atoms with E-state index < -0.39 is 12.1 Å². The first-order chi connectivity index (χ1) is 12.5. The van der Waals surface area contributed by atoms with Gasteiger partial charge in [0.15, 0.2) is 6.10 Å². The van der Waals surface area contributed by atoms with Crippen LogP contribution in [0.3, 0.4) is 0 Å². The Morgan fingerprint density at radius 2 is 1.85 bits per heavy atom. The number of aryl methyl sites for hydroxylation is 1. The van der Waals surface area contributed by atoms with Gasteiger partial charge < -0.3 is 14.4 Å². The molecule has 136 valence electrons. The second-order valence-electron chi connectivity index (χ2n) is 6.51. The molecule has 2 aromatic carbocycles. The van der Waals surface area contributed by atoms with Crippen LogP contribution in [-0.4, -0.2) is 36.5 Å². The Bertz CT molecular complexity index is 831. The average Bonchev–Trinajstić information content (AvgIpc) is 2.67. The summed E-state index contributed by atoms with van der Waals surface area (Å²) in [6.07, 6.45) is -0.0161. The smallest absolute Gasteiger partial charge is 0.339 e. The Kier molecular flexibility index (Phi) is 5.26. The van der Waals surface area contributed by atoms with Gasteiger partial charge in [0.2, 0.25) is 0 Å². The molecule has 1 atom stereocenters. The van der Waals surface area contributed by atoms with Crippen LogP contribution in [0.25, 0.3) is 0 Å². The molecule has 1 amide bonds. The molecule has 0 bridgehead atoms. The number of rotatable bonds is 4. The standard InChI is InChI=1S/C21H23NO4/c1-14-8-9-17(12-19(14)25-3)21(24)26-15(2)20(23)22-11-10-16-6-4-5-7-18(16)13-22/h4-9,12,15H,10-11,13H2,1-3H3/t15-/m1/s1. The van der Waals surface area contributed by atoms with E-state index in [4.69, 9.17) is 9.47 Å². The van der Waals surface area contributed by atoms with Gasteiger partial charge >= 0.3 is 5.97 Å². The summed E-state index contributed by atoms with van der Waals surface area (Å²) < 4.78 is 10.6. The highest BCUT2D eigenvalue weighted by Gasteiger charge is 2.27. The van der Waals surface area contributed by atoms with Crippen molar-refractivity contribution in [2.24, 2.45) is 0 Å². The van der Waals surface area contributed by atoms with Gasteiger partial charge in [-0.25, -0.2) is 4.79 Å². The Morgan fingerprint density at radius 1 is 1.12 bits per heavy atom. The minimum absolute atomic E-state index is 0.174. The van der Waals surface area contributed by atoms with Crippen LogP contribution >= 0.6 is 0 Å². The first-order valence-corrected chi connectivity index (χ1v) is 8.71. The summed E-state index contributed by atoms with van der Waals surface area (Å²) in [7, 11) is 1.55. The van der Waals surface area contributed by atoms with Crippen molar-refractivity contribution in [2.75, 3.05) is 13.7 Å². The fourth-order valence-electron chi connectivity index (χ4n) is 3.17. The number of carbonyl (C=O) groups is 2. The van der Waals surface area contributed by atoms with E-state index in [9.17, 15) is 9.59 Å². The van der Waals surface area contributed by atoms with Crippen molar-refractivity contribution in [3.63, 3.8) is 0 Å². The van der Waals surface area contributed by atoms with Crippen LogP contribution in [0.15, 0.2) is 42.5 Å². The van der Waals surface area contributed by atoms with Crippen molar-refractivity contribution in [3.05, 3.63) is 64.7 Å². The molecular weight excluding hydrogens is 330 g/mol. The minimum Gasteiger partial charge on any atom is -0.496 e. The van der Waals surface area contributed by atoms with Gasteiger partial charge in [0.05, 0.1) is 12.7 Å². The molecule has 26 heavy (non-hydrogen) atoms. The van der Waals surface area contributed by atoms with Gasteiger partial charge in [-0.1, -0.05) is 30.3 Å². The summed E-state index contributed by atoms with van der Waals surface area (Å²) in [4.78, 5) is 26.8. The first kappa shape index (κ1) is 18.0. The molecule has 0 aromatic heterocycles. The predicted octanol–water partition coefficient (Wildman–Crippen LogP) is 3.13. The molecule has 0 unspecified atom stereocenters. The molecule has 2 aromatic rings. The van der Waals surface area contributed by atoms with Crippen molar-refractivity contribution in [1.82, 2.24) is 4.90 Å². The second-order valence-corrected chi connectivity index (χ2v) is 6.51. The average molecular weight is 353 g/mol. The van der Waals surface area contributed by atoms with Crippen molar-refractivity contribution in [1.29, 1.82) is 0 Å². The third kappa shape index (κ3) is 3.72. The number of fused-ring (bicyclic) bond motifs is 1. The number of esters is 1. The van der Waals surface area contributed by atoms with Crippen LogP contribution < -0.4 is 4.74 Å². The number of hydrogen-bond donors (Lipinski definition) is 0. The molecule has 0 spiro atoms. The molecule has 0 aliphatic carbocycles. The van der Waals surface area contributed by atoms with Gasteiger partial charge in [0.25, 0.3) is 5.91 Å². The molecule has 0 saturated heterocycles. The molecule has 1 aliphatic rings. The van der Waals surface area contributed by atoms with Crippen molar-refractivity contribution in [2.45, 2.75) is 32.9 Å². The quantitative estimate of drug-likeness (QED) is 0.793. The Balaban J connectivity index is 1.65. The van der Waals surface area contributed by atoms with E-state index in [0.717, 1.165) is 17.5 Å². The van der Waals surface area contributed by atoms with Crippen molar-refractivity contribution < 1.29 is 19.1 Å². The summed E-state index contributed by atoms with van der Waals surface area (Å²) in [5.74, 6) is -0.0837. The summed E-state index contributed by atoms with van der Waals surface area (Å²) in [6, 6.07) is 13.2. The molecule has 0 N–H and O–H groups in total. The summed E-state index contributed by atoms with van der Waals surface area (Å²) in [5.41, 5.74) is 3.72. The summed E-state index contributed by atoms with van der Waals surface area (Å²) >= 11 is 0. The lowest BCUT2D eigenvalue weighted by Gasteiger charge is -2.30. The van der Waals surface area contributed by atoms with Crippen LogP contribution in [0.1, 0.15) is 34.0 Å². The van der Waals surface area contributed by atoms with Crippen LogP contribution in [0.4, 0.5) is 0 Å². The van der Waals surface area contributed by atoms with Crippen LogP contribution in [-0.2, 0) is 22.5 Å². The number of nitrogens with zero attached hydrogens (tertiary/aromatic N) is 1. The van der Waals surface area contributed by atoms with E-state index in [1.165, 1.54) is 5.56 Å². The zero-order valence-electron chi connectivity index (χ0n) is 15.3. The van der Waals surface area contributed by atoms with Gasteiger partial charge in [-0.2, -0.15) is 0 Å². The topological polar surface area (TPSA) is 55.8 Å². The van der Waals surface area contributed by atoms with Gasteiger partial charge in [-0.05, 0) is 49.1 Å². The maximum Gasteiger partial charge on any atom is 0.339 e. The fraction of sp³-hybridized carbons (Fsp3) is 0.333. The number of amides is 1. The van der Waals surface area contributed by atoms with E-state index in [1.54, 1.807) is 37.1 Å². The van der Waals surface area contributed by atoms with E-state index in [1.807, 2.05) is 25.1 Å². The number of methoxy groups -OCH3 is 1. The maximum absolute atomic E-state index is 12.7. The number of hydrogen-bond acceptors (Lipinski definition) is 4. The first-order valence-electron chi connectivity index (χ1n) is 8.71. The molecule has 1 aliphatic heterocycles. The SMILES string of the molecule is COc1cc(C(=O)O[C@H](C)C(=O)N2CCc3ccccc3C2)ccc1C. The second kappa shape index (κ2) is 7.60. The minimum atomic E-state index is -0.833. The van der Waals surface area contributed by atoms with E-state index in [-0.39, 0.29) is 5.91 Å². The van der Waals surface area contributed by atoms with Gasteiger partial charge in [0.1, 0.15) is 5.75 Å².